The lowest BCUT2D eigenvalue weighted by Gasteiger charge is -2.21. The number of carbonyl (C=O) groups excluding carboxylic acids is 2. The van der Waals surface area contributed by atoms with Gasteiger partial charge in [-0.3, -0.25) is 9.69 Å². The fourth-order valence-electron chi connectivity index (χ4n) is 3.40. The molecule has 1 aromatic heterocycles. The second kappa shape index (κ2) is 8.37. The number of aromatic nitrogens is 1. The number of amides is 3. The Balaban J connectivity index is 1.61. The van der Waals surface area contributed by atoms with Crippen LogP contribution in [-0.4, -0.2) is 27.4 Å². The van der Waals surface area contributed by atoms with Gasteiger partial charge in [0, 0.05) is 5.56 Å². The Morgan fingerprint density at radius 1 is 1.11 bits per heavy atom. The van der Waals surface area contributed by atoms with Gasteiger partial charge in [0.05, 0.1) is 12.2 Å². The van der Waals surface area contributed by atoms with Gasteiger partial charge in [-0.2, -0.15) is 0 Å². The van der Waals surface area contributed by atoms with Gasteiger partial charge in [0.15, 0.2) is 0 Å². The molecule has 0 spiro atoms. The summed E-state index contributed by atoms with van der Waals surface area (Å²) in [4.78, 5) is 30.8. The minimum atomic E-state index is -0.824. The molecule has 1 aliphatic rings. The number of urea groups is 1. The van der Waals surface area contributed by atoms with E-state index in [1.165, 1.54) is 30.4 Å². The second-order valence-electron chi connectivity index (χ2n) is 7.33. The molecule has 6 heteroatoms. The van der Waals surface area contributed by atoms with Crippen molar-refractivity contribution in [1.82, 2.24) is 15.2 Å². The van der Waals surface area contributed by atoms with Gasteiger partial charge in [-0.05, 0) is 25.5 Å². The molecule has 1 unspecified atom stereocenters. The molecule has 2 heterocycles. The SMILES string of the molecule is CCCCCCCC1(C)NC(=O)N(Cc2coc(-c3ccccc3)n2)C1=O. The highest BCUT2D eigenvalue weighted by Crippen LogP contribution is 2.26. The summed E-state index contributed by atoms with van der Waals surface area (Å²) in [6.45, 7) is 4.10. The van der Waals surface area contributed by atoms with Gasteiger partial charge in [-0.1, -0.05) is 57.2 Å². The number of hydrogen-bond acceptors (Lipinski definition) is 4. The highest BCUT2D eigenvalue weighted by Gasteiger charge is 2.47. The van der Waals surface area contributed by atoms with E-state index in [0.717, 1.165) is 18.4 Å². The third-order valence-corrected chi connectivity index (χ3v) is 5.02. The van der Waals surface area contributed by atoms with Crippen LogP contribution in [0.1, 0.15) is 58.1 Å². The van der Waals surface area contributed by atoms with Crippen LogP contribution in [0.15, 0.2) is 41.0 Å². The van der Waals surface area contributed by atoms with E-state index in [-0.39, 0.29) is 18.5 Å². The molecule has 2 aromatic rings. The summed E-state index contributed by atoms with van der Waals surface area (Å²) in [5.41, 5.74) is 0.595. The maximum atomic E-state index is 12.8. The first-order valence-electron chi connectivity index (χ1n) is 9.67. The summed E-state index contributed by atoms with van der Waals surface area (Å²) in [5.74, 6) is 0.295. The normalized spacial score (nSPS) is 19.6. The molecule has 1 aromatic carbocycles. The molecule has 0 aliphatic carbocycles. The van der Waals surface area contributed by atoms with Crippen LogP contribution < -0.4 is 5.32 Å². The Bertz CT molecular complexity index is 787. The highest BCUT2D eigenvalue weighted by molar-refractivity contribution is 6.06. The average molecular weight is 369 g/mol. The first kappa shape index (κ1) is 19.1. The van der Waals surface area contributed by atoms with Crippen molar-refractivity contribution in [3.63, 3.8) is 0 Å². The number of hydrogen-bond donors (Lipinski definition) is 1. The zero-order chi connectivity index (χ0) is 19.3. The third-order valence-electron chi connectivity index (χ3n) is 5.02. The molecule has 1 fully saturated rings. The van der Waals surface area contributed by atoms with E-state index in [4.69, 9.17) is 4.42 Å². The van der Waals surface area contributed by atoms with Crippen LogP contribution in [0.3, 0.4) is 0 Å². The Kier molecular flexibility index (Phi) is 5.94. The fraction of sp³-hybridized carbons (Fsp3) is 0.476. The molecule has 0 saturated carbocycles. The predicted molar refractivity (Wildman–Crippen MR) is 103 cm³/mol. The third kappa shape index (κ3) is 4.38. The van der Waals surface area contributed by atoms with E-state index in [0.29, 0.717) is 18.0 Å². The molecular weight excluding hydrogens is 342 g/mol. The van der Waals surface area contributed by atoms with Crippen LogP contribution in [0.4, 0.5) is 4.79 Å². The number of imide groups is 1. The largest absolute Gasteiger partial charge is 0.444 e. The first-order chi connectivity index (χ1) is 13.0. The van der Waals surface area contributed by atoms with E-state index in [2.05, 4.69) is 17.2 Å². The van der Waals surface area contributed by atoms with Crippen LogP contribution in [0.2, 0.25) is 0 Å². The zero-order valence-corrected chi connectivity index (χ0v) is 16.0. The van der Waals surface area contributed by atoms with Crippen molar-refractivity contribution in [2.45, 2.75) is 64.5 Å². The van der Waals surface area contributed by atoms with E-state index in [9.17, 15) is 9.59 Å². The summed E-state index contributed by atoms with van der Waals surface area (Å²) >= 11 is 0. The molecule has 144 valence electrons. The van der Waals surface area contributed by atoms with Crippen molar-refractivity contribution in [2.24, 2.45) is 0 Å². The molecule has 1 aliphatic heterocycles. The lowest BCUT2D eigenvalue weighted by molar-refractivity contribution is -0.131. The van der Waals surface area contributed by atoms with Crippen molar-refractivity contribution in [2.75, 3.05) is 0 Å². The van der Waals surface area contributed by atoms with E-state index in [1.54, 1.807) is 0 Å². The minimum Gasteiger partial charge on any atom is -0.444 e. The zero-order valence-electron chi connectivity index (χ0n) is 16.0. The fourth-order valence-corrected chi connectivity index (χ4v) is 3.40. The van der Waals surface area contributed by atoms with Gasteiger partial charge in [-0.15, -0.1) is 0 Å². The molecule has 0 bridgehead atoms. The summed E-state index contributed by atoms with van der Waals surface area (Å²) in [5, 5.41) is 2.86. The Hall–Kier alpha value is -2.63. The van der Waals surface area contributed by atoms with Gasteiger partial charge in [-0.25, -0.2) is 9.78 Å². The smallest absolute Gasteiger partial charge is 0.325 e. The maximum Gasteiger partial charge on any atom is 0.325 e. The lowest BCUT2D eigenvalue weighted by Crippen LogP contribution is -2.43. The van der Waals surface area contributed by atoms with E-state index >= 15 is 0 Å². The van der Waals surface area contributed by atoms with E-state index in [1.807, 2.05) is 37.3 Å². The van der Waals surface area contributed by atoms with Gasteiger partial charge in [0.25, 0.3) is 5.91 Å². The van der Waals surface area contributed by atoms with Crippen LogP contribution in [0, 0.1) is 0 Å². The van der Waals surface area contributed by atoms with Crippen molar-refractivity contribution < 1.29 is 14.0 Å². The number of carbonyl (C=O) groups is 2. The van der Waals surface area contributed by atoms with E-state index < -0.39 is 5.54 Å². The van der Waals surface area contributed by atoms with Crippen molar-refractivity contribution in [3.8, 4) is 11.5 Å². The standard InChI is InChI=1S/C21H27N3O3/c1-3-4-5-6-10-13-21(2)19(25)24(20(26)23-21)14-17-15-27-18(22-17)16-11-8-7-9-12-16/h7-9,11-12,15H,3-6,10,13-14H2,1-2H3,(H,23,26). The monoisotopic (exact) mass is 369 g/mol. The highest BCUT2D eigenvalue weighted by atomic mass is 16.3. The summed E-state index contributed by atoms with van der Waals surface area (Å²) in [6, 6.07) is 9.17. The minimum absolute atomic E-state index is 0.117. The molecule has 3 amide bonds. The number of unbranched alkanes of at least 4 members (excludes halogenated alkanes) is 4. The van der Waals surface area contributed by atoms with Crippen molar-refractivity contribution in [3.05, 3.63) is 42.3 Å². The Morgan fingerprint density at radius 2 is 1.85 bits per heavy atom. The Labute approximate surface area is 160 Å². The summed E-state index contributed by atoms with van der Waals surface area (Å²) in [6.07, 6.45) is 7.73. The summed E-state index contributed by atoms with van der Waals surface area (Å²) in [7, 11) is 0. The van der Waals surface area contributed by atoms with Gasteiger partial charge >= 0.3 is 6.03 Å². The number of rotatable bonds is 9. The molecular formula is C21H27N3O3. The quantitative estimate of drug-likeness (QED) is 0.521. The topological polar surface area (TPSA) is 75.4 Å². The number of nitrogens with zero attached hydrogens (tertiary/aromatic N) is 2. The van der Waals surface area contributed by atoms with Crippen LogP contribution in [0.5, 0.6) is 0 Å². The summed E-state index contributed by atoms with van der Waals surface area (Å²) < 4.78 is 5.51. The molecule has 1 N–H and O–H groups in total. The average Bonchev–Trinajstić information content (AvgIpc) is 3.22. The molecule has 1 saturated heterocycles. The number of oxazole rings is 1. The Morgan fingerprint density at radius 3 is 2.59 bits per heavy atom. The molecule has 1 atom stereocenters. The number of benzene rings is 1. The molecule has 27 heavy (non-hydrogen) atoms. The molecule has 3 rings (SSSR count). The van der Waals surface area contributed by atoms with Gasteiger partial charge in [0.1, 0.15) is 11.8 Å². The predicted octanol–water partition coefficient (Wildman–Crippen LogP) is 4.51. The maximum absolute atomic E-state index is 12.8. The van der Waals surface area contributed by atoms with Crippen LogP contribution in [-0.2, 0) is 11.3 Å². The van der Waals surface area contributed by atoms with Crippen LogP contribution in [0.25, 0.3) is 11.5 Å². The second-order valence-corrected chi connectivity index (χ2v) is 7.33. The first-order valence-corrected chi connectivity index (χ1v) is 9.67. The molecule has 6 nitrogen and oxygen atoms in total. The van der Waals surface area contributed by atoms with Crippen molar-refractivity contribution in [1.29, 1.82) is 0 Å². The van der Waals surface area contributed by atoms with Gasteiger partial charge in [0.2, 0.25) is 5.89 Å². The lowest BCUT2D eigenvalue weighted by atomic mass is 9.94. The van der Waals surface area contributed by atoms with Crippen LogP contribution >= 0.6 is 0 Å². The number of nitrogens with one attached hydrogen (secondary N) is 1. The van der Waals surface area contributed by atoms with Gasteiger partial charge < -0.3 is 9.73 Å². The van der Waals surface area contributed by atoms with Crippen molar-refractivity contribution >= 4 is 11.9 Å². The molecule has 0 radical (unpaired) electrons.